The molecule has 0 aliphatic carbocycles. The number of carbonyl (C=O) groups is 1. The summed E-state index contributed by atoms with van der Waals surface area (Å²) in [6.07, 6.45) is 0.952. The number of benzene rings is 1. The fraction of sp³-hybridized carbons (Fsp3) is 0.417. The third kappa shape index (κ3) is 4.93. The molecular weight excluding hydrogens is 382 g/mol. The lowest BCUT2D eigenvalue weighted by molar-refractivity contribution is 0.1000. The van der Waals surface area contributed by atoms with E-state index in [9.17, 15) is 13.2 Å². The Balaban J connectivity index is 0.00000220. The highest BCUT2D eigenvalue weighted by molar-refractivity contribution is 9.10. The second-order valence-corrected chi connectivity index (χ2v) is 7.43. The molecule has 1 aliphatic heterocycles. The topological polar surface area (TPSA) is 101 Å². The first kappa shape index (κ1) is 18.4. The normalized spacial score (nSPS) is 18.2. The molecule has 0 aromatic heterocycles. The van der Waals surface area contributed by atoms with Crippen molar-refractivity contribution < 1.29 is 13.2 Å². The molecule has 1 unspecified atom stereocenters. The number of halogens is 2. The first-order chi connectivity index (χ1) is 9.38. The van der Waals surface area contributed by atoms with Gasteiger partial charge in [0.25, 0.3) is 0 Å². The van der Waals surface area contributed by atoms with Crippen molar-refractivity contribution in [3.05, 3.63) is 28.2 Å². The average molecular weight is 399 g/mol. The van der Waals surface area contributed by atoms with Gasteiger partial charge < -0.3 is 11.1 Å². The molecule has 0 spiro atoms. The van der Waals surface area contributed by atoms with E-state index < -0.39 is 15.9 Å². The molecule has 1 heterocycles. The van der Waals surface area contributed by atoms with Crippen molar-refractivity contribution in [2.75, 3.05) is 19.6 Å². The lowest BCUT2D eigenvalue weighted by Gasteiger charge is -2.11. The summed E-state index contributed by atoms with van der Waals surface area (Å²) in [5, 5.41) is 3.18. The average Bonchev–Trinajstić information content (AvgIpc) is 2.89. The Hall–Kier alpha value is -0.670. The summed E-state index contributed by atoms with van der Waals surface area (Å²) in [4.78, 5) is 11.2. The maximum absolute atomic E-state index is 12.2. The minimum Gasteiger partial charge on any atom is -0.366 e. The van der Waals surface area contributed by atoms with Crippen LogP contribution in [0.4, 0.5) is 0 Å². The van der Waals surface area contributed by atoms with Gasteiger partial charge in [-0.3, -0.25) is 4.79 Å². The standard InChI is InChI=1S/C12H16BrN3O3S.ClH/c13-10-3-9(12(14)17)4-11(5-10)20(18,19)16-7-8-1-2-15-6-8;/h3-5,8,15-16H,1-2,6-7H2,(H2,14,17);1H. The van der Waals surface area contributed by atoms with E-state index in [1.165, 1.54) is 18.2 Å². The van der Waals surface area contributed by atoms with Crippen LogP contribution in [0.1, 0.15) is 16.8 Å². The van der Waals surface area contributed by atoms with Crippen molar-refractivity contribution in [1.29, 1.82) is 0 Å². The molecule has 9 heteroatoms. The Labute approximate surface area is 138 Å². The summed E-state index contributed by atoms with van der Waals surface area (Å²) < 4.78 is 27.5. The molecule has 0 saturated carbocycles. The van der Waals surface area contributed by atoms with Crippen LogP contribution >= 0.6 is 28.3 Å². The molecule has 0 bridgehead atoms. The van der Waals surface area contributed by atoms with Crippen LogP contribution in [-0.2, 0) is 10.0 Å². The quantitative estimate of drug-likeness (QED) is 0.684. The van der Waals surface area contributed by atoms with Gasteiger partial charge in [0.05, 0.1) is 4.90 Å². The molecular formula is C12H17BrClN3O3S. The number of nitrogens with two attached hydrogens (primary N) is 1. The molecule has 4 N–H and O–H groups in total. The van der Waals surface area contributed by atoms with E-state index in [4.69, 9.17) is 5.73 Å². The van der Waals surface area contributed by atoms with Gasteiger partial charge in [-0.1, -0.05) is 15.9 Å². The number of rotatable bonds is 5. The molecule has 2 rings (SSSR count). The highest BCUT2D eigenvalue weighted by Gasteiger charge is 2.20. The Bertz CT molecular complexity index is 618. The summed E-state index contributed by atoms with van der Waals surface area (Å²) in [6, 6.07) is 4.21. The molecule has 1 saturated heterocycles. The number of hydrogen-bond acceptors (Lipinski definition) is 4. The minimum absolute atomic E-state index is 0. The van der Waals surface area contributed by atoms with Crippen molar-refractivity contribution in [3.8, 4) is 0 Å². The first-order valence-electron chi connectivity index (χ1n) is 6.19. The van der Waals surface area contributed by atoms with Gasteiger partial charge in [0.2, 0.25) is 15.9 Å². The molecule has 1 atom stereocenters. The van der Waals surface area contributed by atoms with Gasteiger partial charge in [0, 0.05) is 16.6 Å². The maximum atomic E-state index is 12.2. The number of nitrogens with one attached hydrogen (secondary N) is 2. The van der Waals surface area contributed by atoms with Gasteiger partial charge >= 0.3 is 0 Å². The van der Waals surface area contributed by atoms with E-state index >= 15 is 0 Å². The monoisotopic (exact) mass is 397 g/mol. The van der Waals surface area contributed by atoms with Crippen LogP contribution in [-0.4, -0.2) is 34.0 Å². The number of primary amides is 1. The van der Waals surface area contributed by atoms with Crippen LogP contribution < -0.4 is 15.8 Å². The largest absolute Gasteiger partial charge is 0.366 e. The first-order valence-corrected chi connectivity index (χ1v) is 8.47. The van der Waals surface area contributed by atoms with Crippen molar-refractivity contribution >= 4 is 44.3 Å². The van der Waals surface area contributed by atoms with Crippen molar-refractivity contribution in [1.82, 2.24) is 10.0 Å². The summed E-state index contributed by atoms with van der Waals surface area (Å²) in [5.74, 6) is -0.365. The molecule has 1 aromatic carbocycles. The molecule has 1 aromatic rings. The van der Waals surface area contributed by atoms with Crippen LogP contribution in [0.2, 0.25) is 0 Å². The lowest BCUT2D eigenvalue weighted by atomic mass is 10.1. The Kier molecular flexibility index (Phi) is 6.61. The minimum atomic E-state index is -3.64. The van der Waals surface area contributed by atoms with E-state index in [0.29, 0.717) is 16.9 Å². The zero-order chi connectivity index (χ0) is 14.8. The van der Waals surface area contributed by atoms with Crippen LogP contribution in [0.15, 0.2) is 27.6 Å². The molecule has 6 nitrogen and oxygen atoms in total. The van der Waals surface area contributed by atoms with Crippen LogP contribution in [0.25, 0.3) is 0 Å². The van der Waals surface area contributed by atoms with E-state index in [1.54, 1.807) is 0 Å². The number of carbonyl (C=O) groups excluding carboxylic acids is 1. The van der Waals surface area contributed by atoms with Crippen molar-refractivity contribution in [2.24, 2.45) is 11.7 Å². The third-order valence-corrected chi connectivity index (χ3v) is 5.05. The number of sulfonamides is 1. The third-order valence-electron chi connectivity index (χ3n) is 3.19. The van der Waals surface area contributed by atoms with E-state index in [2.05, 4.69) is 26.0 Å². The van der Waals surface area contributed by atoms with E-state index in [0.717, 1.165) is 19.5 Å². The summed E-state index contributed by atoms with van der Waals surface area (Å²) in [5.41, 5.74) is 5.34. The second kappa shape index (κ2) is 7.55. The molecule has 1 fully saturated rings. The number of hydrogen-bond donors (Lipinski definition) is 3. The predicted molar refractivity (Wildman–Crippen MR) is 86.1 cm³/mol. The predicted octanol–water partition coefficient (Wildman–Crippen LogP) is 0.858. The summed E-state index contributed by atoms with van der Waals surface area (Å²) in [6.45, 7) is 2.11. The van der Waals surface area contributed by atoms with Gasteiger partial charge in [-0.05, 0) is 43.6 Å². The zero-order valence-corrected chi connectivity index (χ0v) is 14.4. The van der Waals surface area contributed by atoms with Crippen molar-refractivity contribution in [3.63, 3.8) is 0 Å². The molecule has 1 amide bonds. The van der Waals surface area contributed by atoms with E-state index in [1.807, 2.05) is 0 Å². The zero-order valence-electron chi connectivity index (χ0n) is 11.1. The highest BCUT2D eigenvalue weighted by Crippen LogP contribution is 2.19. The molecule has 0 radical (unpaired) electrons. The van der Waals surface area contributed by atoms with Gasteiger partial charge in [-0.2, -0.15) is 0 Å². The summed E-state index contributed by atoms with van der Waals surface area (Å²) >= 11 is 3.18. The fourth-order valence-corrected chi connectivity index (χ4v) is 3.89. The van der Waals surface area contributed by atoms with Gasteiger partial charge in [0.1, 0.15) is 0 Å². The fourth-order valence-electron chi connectivity index (χ4n) is 2.06. The van der Waals surface area contributed by atoms with Gasteiger partial charge in [-0.25, -0.2) is 13.1 Å². The highest BCUT2D eigenvalue weighted by atomic mass is 79.9. The maximum Gasteiger partial charge on any atom is 0.248 e. The van der Waals surface area contributed by atoms with E-state index in [-0.39, 0.29) is 22.9 Å². The van der Waals surface area contributed by atoms with Crippen LogP contribution in [0.5, 0.6) is 0 Å². The van der Waals surface area contributed by atoms with Crippen LogP contribution in [0, 0.1) is 5.92 Å². The Morgan fingerprint density at radius 3 is 2.71 bits per heavy atom. The van der Waals surface area contributed by atoms with Crippen molar-refractivity contribution in [2.45, 2.75) is 11.3 Å². The number of amides is 1. The van der Waals surface area contributed by atoms with Crippen LogP contribution in [0.3, 0.4) is 0 Å². The molecule has 21 heavy (non-hydrogen) atoms. The second-order valence-electron chi connectivity index (χ2n) is 4.75. The molecule has 1 aliphatic rings. The van der Waals surface area contributed by atoms with Gasteiger partial charge in [-0.15, -0.1) is 12.4 Å². The smallest absolute Gasteiger partial charge is 0.248 e. The lowest BCUT2D eigenvalue weighted by Crippen LogP contribution is -2.30. The Morgan fingerprint density at radius 1 is 1.43 bits per heavy atom. The van der Waals surface area contributed by atoms with Gasteiger partial charge in [0.15, 0.2) is 0 Å². The Morgan fingerprint density at radius 2 is 2.14 bits per heavy atom. The summed E-state index contributed by atoms with van der Waals surface area (Å²) in [7, 11) is -3.64. The SMILES string of the molecule is Cl.NC(=O)c1cc(Br)cc(S(=O)(=O)NCC2CCNC2)c1. The molecule has 118 valence electrons.